The third-order valence-electron chi connectivity index (χ3n) is 6.49. The van der Waals surface area contributed by atoms with E-state index in [1.807, 2.05) is 48.5 Å². The number of aromatic nitrogens is 4. The molecule has 0 fully saturated rings. The quantitative estimate of drug-likeness (QED) is 0.273. The standard InChI is InChI=1S/C30H17N5/c31-18-19-9-13-23(14-10-19)35-29-25-8-4-16-33-27(25)26-24(7-3-15-32-26)28(29)34-30(35)22-12-11-20-5-1-2-6-21(20)17-22/h1-17H. The maximum atomic E-state index is 9.34. The van der Waals surface area contributed by atoms with Crippen LogP contribution in [0.15, 0.2) is 103 Å². The Hall–Kier alpha value is -5.08. The Morgan fingerprint density at radius 2 is 1.37 bits per heavy atom. The van der Waals surface area contributed by atoms with Gasteiger partial charge in [0.05, 0.1) is 33.7 Å². The van der Waals surface area contributed by atoms with E-state index in [0.717, 1.165) is 55.3 Å². The van der Waals surface area contributed by atoms with Crippen LogP contribution in [0.3, 0.4) is 0 Å². The smallest absolute Gasteiger partial charge is 0.145 e. The Balaban J connectivity index is 1.67. The number of pyridine rings is 2. The van der Waals surface area contributed by atoms with Gasteiger partial charge in [-0.05, 0) is 65.4 Å². The van der Waals surface area contributed by atoms with E-state index < -0.39 is 0 Å². The Morgan fingerprint density at radius 1 is 0.657 bits per heavy atom. The molecule has 0 amide bonds. The summed E-state index contributed by atoms with van der Waals surface area (Å²) in [7, 11) is 0. The minimum atomic E-state index is 0.617. The molecule has 162 valence electrons. The van der Waals surface area contributed by atoms with E-state index in [1.54, 1.807) is 12.4 Å². The predicted molar refractivity (Wildman–Crippen MR) is 139 cm³/mol. The van der Waals surface area contributed by atoms with Crippen LogP contribution in [0.5, 0.6) is 0 Å². The Bertz CT molecular complexity index is 1960. The maximum Gasteiger partial charge on any atom is 0.145 e. The lowest BCUT2D eigenvalue weighted by Crippen LogP contribution is -1.99. The van der Waals surface area contributed by atoms with Crippen LogP contribution >= 0.6 is 0 Å². The first-order valence-electron chi connectivity index (χ1n) is 11.4. The van der Waals surface area contributed by atoms with E-state index in [1.165, 1.54) is 5.39 Å². The van der Waals surface area contributed by atoms with Gasteiger partial charge >= 0.3 is 0 Å². The van der Waals surface area contributed by atoms with E-state index in [0.29, 0.717) is 5.56 Å². The minimum absolute atomic E-state index is 0.617. The lowest BCUT2D eigenvalue weighted by atomic mass is 10.1. The molecule has 0 aliphatic heterocycles. The molecule has 0 saturated carbocycles. The van der Waals surface area contributed by atoms with Gasteiger partial charge in [0.25, 0.3) is 0 Å². The molecule has 0 aliphatic rings. The topological polar surface area (TPSA) is 67.4 Å². The molecule has 0 radical (unpaired) electrons. The van der Waals surface area contributed by atoms with E-state index in [-0.39, 0.29) is 0 Å². The fraction of sp³-hybridized carbons (Fsp3) is 0. The lowest BCUT2D eigenvalue weighted by molar-refractivity contribution is 1.11. The highest BCUT2D eigenvalue weighted by Gasteiger charge is 2.21. The largest absolute Gasteiger partial charge is 0.292 e. The summed E-state index contributed by atoms with van der Waals surface area (Å²) in [6.07, 6.45) is 3.60. The van der Waals surface area contributed by atoms with Gasteiger partial charge in [0, 0.05) is 34.4 Å². The molecule has 0 atom stereocenters. The summed E-state index contributed by atoms with van der Waals surface area (Å²) in [5, 5.41) is 13.6. The van der Waals surface area contributed by atoms with Gasteiger partial charge in [-0.25, -0.2) is 4.98 Å². The first-order valence-corrected chi connectivity index (χ1v) is 11.4. The molecule has 0 bridgehead atoms. The number of benzene rings is 4. The molecule has 0 unspecified atom stereocenters. The third kappa shape index (κ3) is 2.91. The van der Waals surface area contributed by atoms with E-state index >= 15 is 0 Å². The van der Waals surface area contributed by atoms with Crippen LogP contribution < -0.4 is 0 Å². The average Bonchev–Trinajstić information content (AvgIpc) is 3.34. The van der Waals surface area contributed by atoms with Gasteiger partial charge in [-0.1, -0.05) is 36.4 Å². The molecule has 7 rings (SSSR count). The van der Waals surface area contributed by atoms with Crippen molar-refractivity contribution in [3.8, 4) is 23.1 Å². The maximum absolute atomic E-state index is 9.34. The first-order chi connectivity index (χ1) is 17.3. The van der Waals surface area contributed by atoms with Gasteiger partial charge in [-0.2, -0.15) is 5.26 Å². The summed E-state index contributed by atoms with van der Waals surface area (Å²) >= 11 is 0. The SMILES string of the molecule is N#Cc1ccc(-n2c(-c3ccc4ccccc4c3)nc3c4cccnc4c4ncccc4c32)cc1. The molecule has 7 aromatic rings. The summed E-state index contributed by atoms with van der Waals surface area (Å²) in [6, 6.07) is 32.6. The van der Waals surface area contributed by atoms with Crippen molar-refractivity contribution in [2.75, 3.05) is 0 Å². The van der Waals surface area contributed by atoms with Crippen molar-refractivity contribution < 1.29 is 0 Å². The molecule has 3 aromatic heterocycles. The van der Waals surface area contributed by atoms with E-state index in [4.69, 9.17) is 9.97 Å². The molecule has 0 aliphatic carbocycles. The highest BCUT2D eigenvalue weighted by atomic mass is 15.1. The summed E-state index contributed by atoms with van der Waals surface area (Å²) in [4.78, 5) is 14.6. The van der Waals surface area contributed by atoms with Crippen molar-refractivity contribution in [1.82, 2.24) is 19.5 Å². The van der Waals surface area contributed by atoms with Crippen LogP contribution in [-0.2, 0) is 0 Å². The lowest BCUT2D eigenvalue weighted by Gasteiger charge is -2.12. The zero-order valence-electron chi connectivity index (χ0n) is 18.6. The van der Waals surface area contributed by atoms with Crippen LogP contribution in [0, 0.1) is 11.3 Å². The number of hydrogen-bond acceptors (Lipinski definition) is 4. The van der Waals surface area contributed by atoms with Crippen LogP contribution in [0.4, 0.5) is 0 Å². The molecule has 5 nitrogen and oxygen atoms in total. The Kier molecular flexibility index (Phi) is 4.14. The van der Waals surface area contributed by atoms with Gasteiger partial charge < -0.3 is 0 Å². The number of hydrogen-bond donors (Lipinski definition) is 0. The summed E-state index contributed by atoms with van der Waals surface area (Å²) < 4.78 is 2.18. The second-order valence-electron chi connectivity index (χ2n) is 8.49. The Labute approximate surface area is 200 Å². The zero-order chi connectivity index (χ0) is 23.4. The monoisotopic (exact) mass is 447 g/mol. The van der Waals surface area contributed by atoms with Crippen molar-refractivity contribution in [3.63, 3.8) is 0 Å². The molecule has 0 N–H and O–H groups in total. The molecular weight excluding hydrogens is 430 g/mol. The van der Waals surface area contributed by atoms with E-state index in [9.17, 15) is 5.26 Å². The summed E-state index contributed by atoms with van der Waals surface area (Å²) in [5.41, 5.74) is 6.09. The predicted octanol–water partition coefficient (Wildman–Crippen LogP) is 6.81. The number of nitrogens with zero attached hydrogens (tertiary/aromatic N) is 5. The van der Waals surface area contributed by atoms with Gasteiger partial charge in [-0.15, -0.1) is 0 Å². The van der Waals surface area contributed by atoms with Gasteiger partial charge in [0.2, 0.25) is 0 Å². The number of imidazole rings is 1. The molecule has 5 heteroatoms. The van der Waals surface area contributed by atoms with Gasteiger partial charge in [0.15, 0.2) is 0 Å². The van der Waals surface area contributed by atoms with Gasteiger partial charge in [0.1, 0.15) is 5.82 Å². The minimum Gasteiger partial charge on any atom is -0.292 e. The molecule has 0 spiro atoms. The number of rotatable bonds is 2. The normalized spacial score (nSPS) is 11.4. The van der Waals surface area contributed by atoms with Crippen molar-refractivity contribution in [2.24, 2.45) is 0 Å². The fourth-order valence-electron chi connectivity index (χ4n) is 4.89. The highest BCUT2D eigenvalue weighted by Crippen LogP contribution is 2.38. The highest BCUT2D eigenvalue weighted by molar-refractivity contribution is 6.21. The first kappa shape index (κ1) is 19.4. The Morgan fingerprint density at radius 3 is 2.14 bits per heavy atom. The summed E-state index contributed by atoms with van der Waals surface area (Å²) in [6.45, 7) is 0. The number of nitriles is 1. The molecule has 0 saturated heterocycles. The zero-order valence-corrected chi connectivity index (χ0v) is 18.6. The summed E-state index contributed by atoms with van der Waals surface area (Å²) in [5.74, 6) is 0.831. The second-order valence-corrected chi connectivity index (χ2v) is 8.49. The van der Waals surface area contributed by atoms with Crippen molar-refractivity contribution in [1.29, 1.82) is 5.26 Å². The van der Waals surface area contributed by atoms with Crippen molar-refractivity contribution in [3.05, 3.63) is 109 Å². The molecule has 3 heterocycles. The van der Waals surface area contributed by atoms with Crippen molar-refractivity contribution >= 4 is 43.6 Å². The molecular formula is C30H17N5. The fourth-order valence-corrected chi connectivity index (χ4v) is 4.89. The average molecular weight is 448 g/mol. The third-order valence-corrected chi connectivity index (χ3v) is 6.49. The second kappa shape index (κ2) is 7.47. The number of fused-ring (bicyclic) bond motifs is 7. The van der Waals surface area contributed by atoms with E-state index in [2.05, 4.69) is 58.1 Å². The van der Waals surface area contributed by atoms with Gasteiger partial charge in [-0.3, -0.25) is 14.5 Å². The van der Waals surface area contributed by atoms with Crippen molar-refractivity contribution in [2.45, 2.75) is 0 Å². The van der Waals surface area contributed by atoms with Crippen LogP contribution in [0.1, 0.15) is 5.56 Å². The van der Waals surface area contributed by atoms with Crippen LogP contribution in [0.2, 0.25) is 0 Å². The molecule has 35 heavy (non-hydrogen) atoms. The van der Waals surface area contributed by atoms with Crippen LogP contribution in [-0.4, -0.2) is 19.5 Å². The molecule has 4 aromatic carbocycles. The van der Waals surface area contributed by atoms with Crippen LogP contribution in [0.25, 0.3) is 60.7 Å².